The number of hydrogen-bond donors (Lipinski definition) is 1. The molecule has 1 atom stereocenters. The predicted octanol–water partition coefficient (Wildman–Crippen LogP) is 2.31. The first-order valence-corrected chi connectivity index (χ1v) is 8.12. The van der Waals surface area contributed by atoms with Gasteiger partial charge in [0.05, 0.1) is 0 Å². The van der Waals surface area contributed by atoms with E-state index in [4.69, 9.17) is 4.74 Å². The van der Waals surface area contributed by atoms with Crippen molar-refractivity contribution in [1.82, 2.24) is 4.72 Å². The Bertz CT molecular complexity index is 600. The number of rotatable bonds is 5. The molecule has 0 unspecified atom stereocenters. The number of ether oxygens (including phenoxy) is 1. The van der Waals surface area contributed by atoms with Crippen molar-refractivity contribution in [2.75, 3.05) is 0 Å². The van der Waals surface area contributed by atoms with Gasteiger partial charge in [0.25, 0.3) is 0 Å². The van der Waals surface area contributed by atoms with E-state index in [1.54, 1.807) is 32.9 Å². The molecule has 1 rings (SSSR count). The standard InChI is InChI=1S/C15H21NO4S/c1-12(14(17)20-15(2,3)4)16-21(18,19)11-10-13-8-6-5-7-9-13/h5-12,16H,1-4H3/b11-10+/t12-/m1/s1. The third-order valence-electron chi connectivity index (χ3n) is 2.34. The molecule has 0 amide bonds. The molecule has 1 N–H and O–H groups in total. The van der Waals surface area contributed by atoms with Gasteiger partial charge >= 0.3 is 5.97 Å². The van der Waals surface area contributed by atoms with E-state index in [1.165, 1.54) is 13.0 Å². The zero-order valence-electron chi connectivity index (χ0n) is 12.7. The van der Waals surface area contributed by atoms with Crippen LogP contribution in [0.1, 0.15) is 33.3 Å². The fraction of sp³-hybridized carbons (Fsp3) is 0.400. The number of carbonyl (C=O) groups is 1. The Morgan fingerprint density at radius 2 is 1.81 bits per heavy atom. The van der Waals surface area contributed by atoms with E-state index in [9.17, 15) is 13.2 Å². The average molecular weight is 311 g/mol. The molecular weight excluding hydrogens is 290 g/mol. The minimum atomic E-state index is -3.71. The third-order valence-corrected chi connectivity index (χ3v) is 3.52. The van der Waals surface area contributed by atoms with E-state index in [0.29, 0.717) is 0 Å². The van der Waals surface area contributed by atoms with Gasteiger partial charge in [-0.1, -0.05) is 30.3 Å². The zero-order valence-corrected chi connectivity index (χ0v) is 13.5. The van der Waals surface area contributed by atoms with Gasteiger partial charge in [-0.3, -0.25) is 4.79 Å². The van der Waals surface area contributed by atoms with Gasteiger partial charge in [0.15, 0.2) is 0 Å². The average Bonchev–Trinajstić information content (AvgIpc) is 2.35. The van der Waals surface area contributed by atoms with Gasteiger partial charge in [-0.2, -0.15) is 4.72 Å². The topological polar surface area (TPSA) is 72.5 Å². The van der Waals surface area contributed by atoms with E-state index < -0.39 is 27.6 Å². The lowest BCUT2D eigenvalue weighted by atomic mass is 10.2. The number of carbonyl (C=O) groups excluding carboxylic acids is 1. The Hall–Kier alpha value is -1.66. The Balaban J connectivity index is 2.68. The molecule has 6 heteroatoms. The van der Waals surface area contributed by atoms with Crippen LogP contribution in [0.15, 0.2) is 35.7 Å². The first kappa shape index (κ1) is 17.4. The maximum Gasteiger partial charge on any atom is 0.324 e. The Labute approximate surface area is 126 Å². The largest absolute Gasteiger partial charge is 0.459 e. The Morgan fingerprint density at radius 3 is 2.33 bits per heavy atom. The molecule has 1 aromatic carbocycles. The lowest BCUT2D eigenvalue weighted by molar-refractivity contribution is -0.156. The van der Waals surface area contributed by atoms with Crippen molar-refractivity contribution in [2.24, 2.45) is 0 Å². The first-order chi connectivity index (χ1) is 9.59. The molecule has 0 aromatic heterocycles. The molecule has 0 aliphatic rings. The van der Waals surface area contributed by atoms with Crippen molar-refractivity contribution >= 4 is 22.1 Å². The summed E-state index contributed by atoms with van der Waals surface area (Å²) in [6.07, 6.45) is 1.46. The second-order valence-electron chi connectivity index (χ2n) is 5.63. The van der Waals surface area contributed by atoms with Crippen LogP contribution in [0.5, 0.6) is 0 Å². The minimum absolute atomic E-state index is 0.612. The molecule has 0 saturated heterocycles. The van der Waals surface area contributed by atoms with Crippen molar-refractivity contribution in [3.63, 3.8) is 0 Å². The number of sulfonamides is 1. The van der Waals surface area contributed by atoms with Gasteiger partial charge in [-0.15, -0.1) is 0 Å². The molecule has 0 saturated carbocycles. The van der Waals surface area contributed by atoms with Crippen LogP contribution in [0, 0.1) is 0 Å². The number of nitrogens with one attached hydrogen (secondary N) is 1. The molecule has 0 fully saturated rings. The first-order valence-electron chi connectivity index (χ1n) is 6.57. The highest BCUT2D eigenvalue weighted by Gasteiger charge is 2.24. The maximum absolute atomic E-state index is 11.9. The highest BCUT2D eigenvalue weighted by molar-refractivity contribution is 7.92. The smallest absolute Gasteiger partial charge is 0.324 e. The molecule has 0 bridgehead atoms. The Kier molecular flexibility index (Phi) is 5.69. The van der Waals surface area contributed by atoms with Gasteiger partial charge in [0, 0.05) is 5.41 Å². The lowest BCUT2D eigenvalue weighted by Gasteiger charge is -2.22. The molecule has 116 valence electrons. The molecule has 0 aliphatic carbocycles. The van der Waals surface area contributed by atoms with Gasteiger partial charge in [0.1, 0.15) is 11.6 Å². The summed E-state index contributed by atoms with van der Waals surface area (Å²) in [6, 6.07) is 8.07. The molecular formula is C15H21NO4S. The van der Waals surface area contributed by atoms with Crippen LogP contribution in [-0.2, 0) is 19.6 Å². The predicted molar refractivity (Wildman–Crippen MR) is 82.8 cm³/mol. The van der Waals surface area contributed by atoms with Crippen LogP contribution in [0.4, 0.5) is 0 Å². The maximum atomic E-state index is 11.9. The highest BCUT2D eigenvalue weighted by atomic mass is 32.2. The summed E-state index contributed by atoms with van der Waals surface area (Å²) >= 11 is 0. The summed E-state index contributed by atoms with van der Waals surface area (Å²) in [5.74, 6) is -0.612. The molecule has 1 aromatic rings. The number of esters is 1. The van der Waals surface area contributed by atoms with Crippen molar-refractivity contribution in [2.45, 2.75) is 39.3 Å². The second-order valence-corrected chi connectivity index (χ2v) is 7.23. The van der Waals surface area contributed by atoms with Crippen molar-refractivity contribution in [3.05, 3.63) is 41.3 Å². The van der Waals surface area contributed by atoms with E-state index in [1.807, 2.05) is 18.2 Å². The monoisotopic (exact) mass is 311 g/mol. The Morgan fingerprint density at radius 1 is 1.24 bits per heavy atom. The molecule has 5 nitrogen and oxygen atoms in total. The second kappa shape index (κ2) is 6.87. The van der Waals surface area contributed by atoms with E-state index in [2.05, 4.69) is 4.72 Å². The third kappa shape index (κ3) is 7.06. The SMILES string of the molecule is C[C@@H](NS(=O)(=O)/C=C/c1ccccc1)C(=O)OC(C)(C)C. The van der Waals surface area contributed by atoms with Crippen LogP contribution in [-0.4, -0.2) is 26.0 Å². The van der Waals surface area contributed by atoms with Crippen LogP contribution in [0.2, 0.25) is 0 Å². The summed E-state index contributed by atoms with van der Waals surface area (Å²) < 4.78 is 31.1. The van der Waals surface area contributed by atoms with Crippen molar-refractivity contribution in [3.8, 4) is 0 Å². The molecule has 21 heavy (non-hydrogen) atoms. The van der Waals surface area contributed by atoms with E-state index in [0.717, 1.165) is 11.0 Å². The van der Waals surface area contributed by atoms with E-state index in [-0.39, 0.29) is 0 Å². The highest BCUT2D eigenvalue weighted by Crippen LogP contribution is 2.09. The van der Waals surface area contributed by atoms with Crippen LogP contribution >= 0.6 is 0 Å². The fourth-order valence-corrected chi connectivity index (χ4v) is 2.46. The van der Waals surface area contributed by atoms with Crippen molar-refractivity contribution in [1.29, 1.82) is 0 Å². The normalized spacial score (nSPS) is 14.1. The van der Waals surface area contributed by atoms with Crippen LogP contribution < -0.4 is 4.72 Å². The van der Waals surface area contributed by atoms with Crippen LogP contribution in [0.25, 0.3) is 6.08 Å². The molecule has 0 heterocycles. The molecule has 0 radical (unpaired) electrons. The van der Waals surface area contributed by atoms with Crippen LogP contribution in [0.3, 0.4) is 0 Å². The summed E-state index contributed by atoms with van der Waals surface area (Å²) in [5.41, 5.74) is 0.101. The summed E-state index contributed by atoms with van der Waals surface area (Å²) in [4.78, 5) is 11.7. The van der Waals surface area contributed by atoms with Gasteiger partial charge in [-0.05, 0) is 39.3 Å². The summed E-state index contributed by atoms with van der Waals surface area (Å²) in [6.45, 7) is 6.62. The fourth-order valence-electron chi connectivity index (χ4n) is 1.46. The molecule has 0 aliphatic heterocycles. The van der Waals surface area contributed by atoms with E-state index >= 15 is 0 Å². The lowest BCUT2D eigenvalue weighted by Crippen LogP contribution is -2.41. The van der Waals surface area contributed by atoms with Crippen molar-refractivity contribution < 1.29 is 17.9 Å². The summed E-state index contributed by atoms with van der Waals surface area (Å²) in [7, 11) is -3.71. The van der Waals surface area contributed by atoms with Gasteiger partial charge in [-0.25, -0.2) is 8.42 Å². The summed E-state index contributed by atoms with van der Waals surface area (Å²) in [5, 5.41) is 1.03. The zero-order chi connectivity index (χ0) is 16.1. The van der Waals surface area contributed by atoms with Gasteiger partial charge in [0.2, 0.25) is 10.0 Å². The van der Waals surface area contributed by atoms with Gasteiger partial charge < -0.3 is 4.74 Å². The number of hydrogen-bond acceptors (Lipinski definition) is 4. The quantitative estimate of drug-likeness (QED) is 0.847. The minimum Gasteiger partial charge on any atom is -0.459 e. The number of benzene rings is 1. The molecule has 0 spiro atoms.